The van der Waals surface area contributed by atoms with Gasteiger partial charge in [0.05, 0.1) is 18.8 Å². The highest BCUT2D eigenvalue weighted by Crippen LogP contribution is 2.28. The summed E-state index contributed by atoms with van der Waals surface area (Å²) in [6.45, 7) is 6.93. The van der Waals surface area contributed by atoms with Crippen LogP contribution in [0.5, 0.6) is 5.75 Å². The van der Waals surface area contributed by atoms with E-state index in [4.69, 9.17) is 16.3 Å². The van der Waals surface area contributed by atoms with Crippen molar-refractivity contribution >= 4 is 33.4 Å². The number of halogens is 1. The smallest absolute Gasteiger partial charge is 0.282 e. The zero-order valence-corrected chi connectivity index (χ0v) is 19.4. The van der Waals surface area contributed by atoms with E-state index in [2.05, 4.69) is 12.2 Å². The Morgan fingerprint density at radius 1 is 1.13 bits per heavy atom. The summed E-state index contributed by atoms with van der Waals surface area (Å²) in [4.78, 5) is 14.8. The van der Waals surface area contributed by atoms with Crippen molar-refractivity contribution in [2.45, 2.75) is 32.7 Å². The molecule has 0 spiro atoms. The Kier molecular flexibility index (Phi) is 7.62. The summed E-state index contributed by atoms with van der Waals surface area (Å²) >= 11 is 6.03. The number of anilines is 1. The minimum absolute atomic E-state index is 0.183. The van der Waals surface area contributed by atoms with E-state index < -0.39 is 16.3 Å². The molecule has 0 aliphatic carbocycles. The first-order valence-corrected chi connectivity index (χ1v) is 12.1. The van der Waals surface area contributed by atoms with Gasteiger partial charge >= 0.3 is 0 Å². The predicted octanol–water partition coefficient (Wildman–Crippen LogP) is 2.27. The monoisotopic (exact) mass is 458 g/mol. The Balaban J connectivity index is 1.56. The molecule has 1 aromatic carbocycles. The highest BCUT2D eigenvalue weighted by Gasteiger charge is 2.35. The number of methoxy groups -OCH3 is 1. The highest BCUT2D eigenvalue weighted by molar-refractivity contribution is 7.86. The summed E-state index contributed by atoms with van der Waals surface area (Å²) in [5, 5.41) is 3.37. The number of ether oxygens (including phenoxy) is 1. The summed E-state index contributed by atoms with van der Waals surface area (Å²) in [6.07, 6.45) is 1.81. The molecular formula is C20H31ClN4O4S. The van der Waals surface area contributed by atoms with Gasteiger partial charge in [0.2, 0.25) is 5.91 Å². The Hall–Kier alpha value is -1.39. The molecule has 0 bridgehead atoms. The van der Waals surface area contributed by atoms with E-state index in [9.17, 15) is 13.2 Å². The van der Waals surface area contributed by atoms with Crippen LogP contribution in [-0.4, -0.2) is 80.3 Å². The fraction of sp³-hybridized carbons (Fsp3) is 0.650. The molecule has 1 aromatic rings. The molecule has 0 saturated carbocycles. The molecule has 10 heteroatoms. The van der Waals surface area contributed by atoms with Gasteiger partial charge in [-0.1, -0.05) is 18.5 Å². The number of rotatable bonds is 6. The van der Waals surface area contributed by atoms with Crippen LogP contribution in [-0.2, 0) is 15.0 Å². The molecule has 2 saturated heterocycles. The van der Waals surface area contributed by atoms with Gasteiger partial charge in [-0.15, -0.1) is 0 Å². The zero-order valence-electron chi connectivity index (χ0n) is 17.8. The van der Waals surface area contributed by atoms with E-state index in [0.29, 0.717) is 61.6 Å². The summed E-state index contributed by atoms with van der Waals surface area (Å²) in [5.74, 6) is 0.925. The first-order chi connectivity index (χ1) is 14.2. The van der Waals surface area contributed by atoms with Crippen LogP contribution in [0.1, 0.15) is 26.7 Å². The van der Waals surface area contributed by atoms with E-state index in [0.717, 1.165) is 12.8 Å². The van der Waals surface area contributed by atoms with Crippen molar-refractivity contribution in [3.63, 3.8) is 0 Å². The normalized spacial score (nSPS) is 21.3. The largest absolute Gasteiger partial charge is 0.495 e. The fourth-order valence-corrected chi connectivity index (χ4v) is 5.68. The van der Waals surface area contributed by atoms with Crippen LogP contribution in [0.15, 0.2) is 18.2 Å². The molecular weight excluding hydrogens is 428 g/mol. The number of carbonyl (C=O) groups excluding carboxylic acids is 1. The molecule has 2 heterocycles. The van der Waals surface area contributed by atoms with Gasteiger partial charge < -0.3 is 10.1 Å². The van der Waals surface area contributed by atoms with E-state index in [1.54, 1.807) is 26.8 Å². The van der Waals surface area contributed by atoms with Gasteiger partial charge in [0, 0.05) is 44.3 Å². The van der Waals surface area contributed by atoms with Crippen LogP contribution in [0.25, 0.3) is 0 Å². The topological polar surface area (TPSA) is 82.2 Å². The SMILES string of the molecule is COc1ccc(Cl)cc1NC(=O)[C@@H](C)N1CCN(S(=O)(=O)N2CCC(C)CC2)CC1. The van der Waals surface area contributed by atoms with Gasteiger partial charge in [0.25, 0.3) is 10.2 Å². The molecule has 1 atom stereocenters. The maximum Gasteiger partial charge on any atom is 0.282 e. The molecule has 1 amide bonds. The quantitative estimate of drug-likeness (QED) is 0.707. The number of piperidine rings is 1. The van der Waals surface area contributed by atoms with Crippen LogP contribution >= 0.6 is 11.6 Å². The molecule has 0 unspecified atom stereocenters. The molecule has 2 fully saturated rings. The number of nitrogens with zero attached hydrogens (tertiary/aromatic N) is 3. The second kappa shape index (κ2) is 9.82. The molecule has 168 valence electrons. The van der Waals surface area contributed by atoms with Crippen molar-refractivity contribution in [1.29, 1.82) is 0 Å². The third-order valence-corrected chi connectivity index (χ3v) is 8.29. The van der Waals surface area contributed by atoms with E-state index in [-0.39, 0.29) is 5.91 Å². The molecule has 8 nitrogen and oxygen atoms in total. The third kappa shape index (κ3) is 5.26. The lowest BCUT2D eigenvalue weighted by molar-refractivity contribution is -0.121. The van der Waals surface area contributed by atoms with Crippen molar-refractivity contribution in [3.8, 4) is 5.75 Å². The summed E-state index contributed by atoms with van der Waals surface area (Å²) < 4.78 is 34.3. The van der Waals surface area contributed by atoms with Gasteiger partial charge in [-0.05, 0) is 43.9 Å². The number of hydrogen-bond donors (Lipinski definition) is 1. The average Bonchev–Trinajstić information content (AvgIpc) is 2.74. The number of nitrogens with one attached hydrogen (secondary N) is 1. The van der Waals surface area contributed by atoms with Crippen LogP contribution in [0.2, 0.25) is 5.02 Å². The lowest BCUT2D eigenvalue weighted by Crippen LogP contribution is -2.57. The lowest BCUT2D eigenvalue weighted by Gasteiger charge is -2.40. The van der Waals surface area contributed by atoms with Crippen LogP contribution in [0, 0.1) is 5.92 Å². The standard InChI is InChI=1S/C20H31ClN4O4S/c1-15-6-8-24(9-7-15)30(27,28)25-12-10-23(11-13-25)16(2)20(26)22-18-14-17(21)4-5-19(18)29-3/h4-5,14-16H,6-13H2,1-3H3,(H,22,26)/t16-/m1/s1. The maximum absolute atomic E-state index is 12.9. The highest BCUT2D eigenvalue weighted by atomic mass is 35.5. The predicted molar refractivity (Wildman–Crippen MR) is 118 cm³/mol. The van der Waals surface area contributed by atoms with Crippen LogP contribution in [0.3, 0.4) is 0 Å². The molecule has 3 rings (SSSR count). The minimum atomic E-state index is -3.43. The fourth-order valence-electron chi connectivity index (χ4n) is 3.88. The zero-order chi connectivity index (χ0) is 21.9. The van der Waals surface area contributed by atoms with Gasteiger partial charge in [-0.3, -0.25) is 9.69 Å². The summed E-state index contributed by atoms with van der Waals surface area (Å²) in [6, 6.07) is 4.64. The van der Waals surface area contributed by atoms with Crippen molar-refractivity contribution in [2.75, 3.05) is 51.7 Å². The molecule has 2 aliphatic rings. The molecule has 30 heavy (non-hydrogen) atoms. The molecule has 1 N–H and O–H groups in total. The lowest BCUT2D eigenvalue weighted by atomic mass is 10.0. The van der Waals surface area contributed by atoms with Crippen molar-refractivity contribution in [1.82, 2.24) is 13.5 Å². The van der Waals surface area contributed by atoms with Crippen molar-refractivity contribution < 1.29 is 17.9 Å². The summed E-state index contributed by atoms with van der Waals surface area (Å²) in [5.41, 5.74) is 0.516. The Bertz CT molecular complexity index is 850. The second-order valence-corrected chi connectivity index (χ2v) is 10.4. The first-order valence-electron chi connectivity index (χ1n) is 10.4. The van der Waals surface area contributed by atoms with Gasteiger partial charge in [-0.25, -0.2) is 0 Å². The van der Waals surface area contributed by atoms with Crippen LogP contribution < -0.4 is 10.1 Å². The number of piperazine rings is 1. The second-order valence-electron chi connectivity index (χ2n) is 8.03. The van der Waals surface area contributed by atoms with Crippen LogP contribution in [0.4, 0.5) is 5.69 Å². The van der Waals surface area contributed by atoms with Gasteiger partial charge in [0.15, 0.2) is 0 Å². The number of amides is 1. The average molecular weight is 459 g/mol. The molecule has 0 radical (unpaired) electrons. The molecule has 2 aliphatic heterocycles. The van der Waals surface area contributed by atoms with E-state index in [1.165, 1.54) is 7.11 Å². The number of hydrogen-bond acceptors (Lipinski definition) is 5. The molecule has 0 aromatic heterocycles. The van der Waals surface area contributed by atoms with Gasteiger partial charge in [0.1, 0.15) is 5.75 Å². The summed E-state index contributed by atoms with van der Waals surface area (Å²) in [7, 11) is -1.90. The number of benzene rings is 1. The van der Waals surface area contributed by atoms with Crippen molar-refractivity contribution in [3.05, 3.63) is 23.2 Å². The van der Waals surface area contributed by atoms with E-state index in [1.807, 2.05) is 11.8 Å². The Labute approximate surface area is 184 Å². The van der Waals surface area contributed by atoms with Gasteiger partial charge in [-0.2, -0.15) is 17.0 Å². The first kappa shape index (κ1) is 23.3. The minimum Gasteiger partial charge on any atom is -0.495 e. The Morgan fingerprint density at radius 2 is 1.73 bits per heavy atom. The van der Waals surface area contributed by atoms with Crippen molar-refractivity contribution in [2.24, 2.45) is 5.92 Å². The Morgan fingerprint density at radius 3 is 2.33 bits per heavy atom. The van der Waals surface area contributed by atoms with E-state index >= 15 is 0 Å². The maximum atomic E-state index is 12.9. The number of carbonyl (C=O) groups is 1. The third-order valence-electron chi connectivity index (χ3n) is 6.01.